The maximum absolute atomic E-state index is 10.2. The highest BCUT2D eigenvalue weighted by Crippen LogP contribution is 2.31. The average Bonchev–Trinajstić information content (AvgIpc) is 2.72. The summed E-state index contributed by atoms with van der Waals surface area (Å²) in [5.74, 6) is 0.316. The van der Waals surface area contributed by atoms with Gasteiger partial charge in [0.05, 0.1) is 5.69 Å². The highest BCUT2D eigenvalue weighted by molar-refractivity contribution is 5.75. The van der Waals surface area contributed by atoms with Gasteiger partial charge in [-0.25, -0.2) is 0 Å². The van der Waals surface area contributed by atoms with E-state index in [-0.39, 0.29) is 0 Å². The zero-order valence-corrected chi connectivity index (χ0v) is 18.8. The number of hydrogen-bond donors (Lipinski definition) is 3. The Hall–Kier alpha value is -1.46. The zero-order chi connectivity index (χ0) is 21.0. The quantitative estimate of drug-likeness (QED) is 0.177. The van der Waals surface area contributed by atoms with Crippen LogP contribution in [-0.4, -0.2) is 44.6 Å². The van der Waals surface area contributed by atoms with Gasteiger partial charge in [-0.05, 0) is 50.7 Å². The number of para-hydroxylation sites is 1. The lowest BCUT2D eigenvalue weighted by atomic mass is 10.1. The third kappa shape index (κ3) is 13.4. The Labute approximate surface area is 178 Å². The molecule has 0 bridgehead atoms. The molecule has 168 valence electrons. The van der Waals surface area contributed by atoms with Crippen molar-refractivity contribution in [2.45, 2.75) is 78.1 Å². The predicted octanol–water partition coefficient (Wildman–Crippen LogP) is 6.19. The van der Waals surface area contributed by atoms with Crippen molar-refractivity contribution in [3.05, 3.63) is 18.2 Å². The Kier molecular flexibility index (Phi) is 16.4. The Morgan fingerprint density at radius 2 is 1.24 bits per heavy atom. The molecule has 0 unspecified atom stereocenters. The fraction of sp³-hybridized carbons (Fsp3) is 0.750. The number of phenols is 1. The lowest BCUT2D eigenvalue weighted by Crippen LogP contribution is -2.08. The van der Waals surface area contributed by atoms with Crippen molar-refractivity contribution in [1.82, 2.24) is 0 Å². The van der Waals surface area contributed by atoms with Gasteiger partial charge in [0.2, 0.25) is 0 Å². The Bertz CT molecular complexity index is 497. The molecule has 0 radical (unpaired) electrons. The number of ether oxygens (including phenoxy) is 2. The summed E-state index contributed by atoms with van der Waals surface area (Å²) < 4.78 is 11.0. The van der Waals surface area contributed by atoms with Crippen LogP contribution < -0.4 is 10.6 Å². The molecule has 0 aliphatic carbocycles. The molecule has 0 atom stereocenters. The molecule has 5 heteroatoms. The number of unbranched alkanes of at least 4 members (excludes halogenated alkanes) is 6. The molecule has 5 nitrogen and oxygen atoms in total. The second-order valence-corrected chi connectivity index (χ2v) is 7.61. The number of hydrogen-bond acceptors (Lipinski definition) is 5. The van der Waals surface area contributed by atoms with Gasteiger partial charge in [-0.1, -0.05) is 45.6 Å². The van der Waals surface area contributed by atoms with Gasteiger partial charge in [0.15, 0.2) is 0 Å². The van der Waals surface area contributed by atoms with E-state index in [1.165, 1.54) is 25.7 Å². The summed E-state index contributed by atoms with van der Waals surface area (Å²) >= 11 is 0. The molecular weight excluding hydrogens is 364 g/mol. The van der Waals surface area contributed by atoms with E-state index in [0.29, 0.717) is 5.75 Å². The summed E-state index contributed by atoms with van der Waals surface area (Å²) in [5.41, 5.74) is 1.82. The van der Waals surface area contributed by atoms with Crippen molar-refractivity contribution in [3.8, 4) is 5.75 Å². The van der Waals surface area contributed by atoms with E-state index in [9.17, 15) is 5.11 Å². The number of rotatable bonds is 20. The van der Waals surface area contributed by atoms with Gasteiger partial charge in [0.1, 0.15) is 11.4 Å². The van der Waals surface area contributed by atoms with Gasteiger partial charge in [0, 0.05) is 39.5 Å². The Morgan fingerprint density at radius 3 is 1.83 bits per heavy atom. The third-order valence-corrected chi connectivity index (χ3v) is 4.79. The number of anilines is 2. The molecule has 0 aliphatic heterocycles. The summed E-state index contributed by atoms with van der Waals surface area (Å²) in [5, 5.41) is 17.1. The smallest absolute Gasteiger partial charge is 0.140 e. The first kappa shape index (κ1) is 25.6. The van der Waals surface area contributed by atoms with Crippen LogP contribution in [0.1, 0.15) is 78.1 Å². The van der Waals surface area contributed by atoms with Crippen LogP contribution in [0, 0.1) is 0 Å². The van der Waals surface area contributed by atoms with Crippen molar-refractivity contribution in [1.29, 1.82) is 0 Å². The number of benzene rings is 1. The monoisotopic (exact) mass is 408 g/mol. The third-order valence-electron chi connectivity index (χ3n) is 4.79. The topological polar surface area (TPSA) is 62.8 Å². The normalized spacial score (nSPS) is 11.0. The van der Waals surface area contributed by atoms with Crippen LogP contribution in [0.15, 0.2) is 18.2 Å². The highest BCUT2D eigenvalue weighted by atomic mass is 16.5. The predicted molar refractivity (Wildman–Crippen MR) is 124 cm³/mol. The molecule has 1 rings (SSSR count). The van der Waals surface area contributed by atoms with Crippen molar-refractivity contribution in [2.24, 2.45) is 0 Å². The molecule has 29 heavy (non-hydrogen) atoms. The molecule has 1 aromatic rings. The Morgan fingerprint density at radius 1 is 0.690 bits per heavy atom. The van der Waals surface area contributed by atoms with Crippen LogP contribution in [0.4, 0.5) is 11.4 Å². The van der Waals surface area contributed by atoms with Crippen LogP contribution in [0.3, 0.4) is 0 Å². The van der Waals surface area contributed by atoms with E-state index < -0.39 is 0 Å². The van der Waals surface area contributed by atoms with Crippen molar-refractivity contribution < 1.29 is 14.6 Å². The highest BCUT2D eigenvalue weighted by Gasteiger charge is 2.06. The van der Waals surface area contributed by atoms with Gasteiger partial charge in [-0.15, -0.1) is 0 Å². The summed E-state index contributed by atoms with van der Waals surface area (Å²) in [4.78, 5) is 0. The molecule has 0 heterocycles. The lowest BCUT2D eigenvalue weighted by molar-refractivity contribution is 0.130. The van der Waals surface area contributed by atoms with E-state index >= 15 is 0 Å². The fourth-order valence-corrected chi connectivity index (χ4v) is 3.17. The van der Waals surface area contributed by atoms with E-state index in [2.05, 4.69) is 24.5 Å². The summed E-state index contributed by atoms with van der Waals surface area (Å²) in [7, 11) is 0. The van der Waals surface area contributed by atoms with Crippen molar-refractivity contribution in [3.63, 3.8) is 0 Å². The molecule has 0 fully saturated rings. The number of aromatic hydroxyl groups is 1. The maximum atomic E-state index is 10.2. The van der Waals surface area contributed by atoms with Gasteiger partial charge in [-0.3, -0.25) is 0 Å². The van der Waals surface area contributed by atoms with Gasteiger partial charge < -0.3 is 25.2 Å². The van der Waals surface area contributed by atoms with E-state index in [4.69, 9.17) is 9.47 Å². The zero-order valence-electron chi connectivity index (χ0n) is 18.8. The van der Waals surface area contributed by atoms with Gasteiger partial charge in [-0.2, -0.15) is 0 Å². The second kappa shape index (κ2) is 18.6. The molecule has 3 N–H and O–H groups in total. The van der Waals surface area contributed by atoms with Crippen LogP contribution in [0.2, 0.25) is 0 Å². The fourth-order valence-electron chi connectivity index (χ4n) is 3.17. The molecule has 1 aromatic carbocycles. The molecule has 0 spiro atoms. The molecule has 0 aliphatic rings. The van der Waals surface area contributed by atoms with Crippen LogP contribution in [0.25, 0.3) is 0 Å². The Balaban J connectivity index is 2.16. The first-order valence-electron chi connectivity index (χ1n) is 11.7. The largest absolute Gasteiger partial charge is 0.506 e. The summed E-state index contributed by atoms with van der Waals surface area (Å²) in [6.07, 6.45) is 11.5. The molecule has 0 saturated carbocycles. The minimum Gasteiger partial charge on any atom is -0.506 e. The van der Waals surface area contributed by atoms with Crippen LogP contribution in [0.5, 0.6) is 5.75 Å². The minimum absolute atomic E-state index is 0.316. The minimum atomic E-state index is 0.316. The number of phenolic OH excluding ortho intramolecular Hbond substituents is 1. The molecule has 0 saturated heterocycles. The SMILES string of the molecule is CCCOCCCCCCNc1cccc(O)c1NCCCCCCOCCC. The summed E-state index contributed by atoms with van der Waals surface area (Å²) in [6, 6.07) is 5.67. The van der Waals surface area contributed by atoms with Crippen LogP contribution in [-0.2, 0) is 9.47 Å². The first-order valence-corrected chi connectivity index (χ1v) is 11.7. The standard InChI is InChI=1S/C24H44N2O3/c1-3-18-28-20-11-7-5-9-16-25-22-14-13-15-23(27)24(22)26-17-10-6-8-12-21-29-19-4-2/h13-15,25-27H,3-12,16-21H2,1-2H3. The average molecular weight is 409 g/mol. The van der Waals surface area contributed by atoms with Gasteiger partial charge in [0.25, 0.3) is 0 Å². The van der Waals surface area contributed by atoms with E-state index in [0.717, 1.165) is 89.4 Å². The van der Waals surface area contributed by atoms with Crippen molar-refractivity contribution in [2.75, 3.05) is 50.2 Å². The molecular formula is C24H44N2O3. The van der Waals surface area contributed by atoms with Crippen LogP contribution >= 0.6 is 0 Å². The maximum Gasteiger partial charge on any atom is 0.140 e. The second-order valence-electron chi connectivity index (χ2n) is 7.61. The van der Waals surface area contributed by atoms with Crippen molar-refractivity contribution >= 4 is 11.4 Å². The van der Waals surface area contributed by atoms with E-state index in [1.807, 2.05) is 12.1 Å². The molecule has 0 amide bonds. The molecule has 0 aromatic heterocycles. The summed E-state index contributed by atoms with van der Waals surface area (Å²) in [6.45, 7) is 9.58. The first-order chi connectivity index (χ1) is 14.3. The van der Waals surface area contributed by atoms with E-state index in [1.54, 1.807) is 6.07 Å². The number of nitrogens with one attached hydrogen (secondary N) is 2. The van der Waals surface area contributed by atoms with Gasteiger partial charge >= 0.3 is 0 Å². The lowest BCUT2D eigenvalue weighted by Gasteiger charge is -2.15.